The molecule has 1 aromatic rings. The standard InChI is InChI=1S/C12H15N3OS/c1-9(16)14-11(17)15(13-12(14,2)3)10-7-5-4-6-8-10/h4-8,13H,1-3H3. The molecule has 1 aliphatic heterocycles. The molecule has 1 saturated heterocycles. The first-order valence-electron chi connectivity index (χ1n) is 5.41. The molecule has 0 aromatic heterocycles. The molecule has 0 unspecified atom stereocenters. The molecule has 1 amide bonds. The van der Waals surface area contributed by atoms with Gasteiger partial charge in [-0.15, -0.1) is 0 Å². The summed E-state index contributed by atoms with van der Waals surface area (Å²) < 4.78 is 0. The molecule has 0 atom stereocenters. The number of benzene rings is 1. The Bertz CT molecular complexity index is 458. The van der Waals surface area contributed by atoms with Crippen LogP contribution in [0.2, 0.25) is 0 Å². The summed E-state index contributed by atoms with van der Waals surface area (Å²) in [5, 5.41) is 2.24. The Morgan fingerprint density at radius 1 is 1.29 bits per heavy atom. The predicted molar refractivity (Wildman–Crippen MR) is 71.3 cm³/mol. The molecule has 2 rings (SSSR count). The Balaban J connectivity index is 2.36. The molecule has 17 heavy (non-hydrogen) atoms. The zero-order valence-corrected chi connectivity index (χ0v) is 10.9. The molecule has 0 radical (unpaired) electrons. The summed E-state index contributed by atoms with van der Waals surface area (Å²) in [4.78, 5) is 13.2. The summed E-state index contributed by atoms with van der Waals surface area (Å²) in [5.41, 5.74) is 3.65. The van der Waals surface area contributed by atoms with Crippen LogP contribution in [-0.4, -0.2) is 21.6 Å². The number of anilines is 1. The fourth-order valence-electron chi connectivity index (χ4n) is 1.99. The minimum atomic E-state index is -0.501. The fourth-order valence-corrected chi connectivity index (χ4v) is 2.50. The summed E-state index contributed by atoms with van der Waals surface area (Å²) in [6.45, 7) is 5.36. The lowest BCUT2D eigenvalue weighted by Crippen LogP contribution is -2.49. The van der Waals surface area contributed by atoms with E-state index in [1.165, 1.54) is 6.92 Å². The number of amides is 1. The third-order valence-electron chi connectivity index (χ3n) is 2.66. The van der Waals surface area contributed by atoms with E-state index in [9.17, 15) is 4.79 Å². The van der Waals surface area contributed by atoms with Crippen LogP contribution < -0.4 is 10.4 Å². The number of rotatable bonds is 1. The number of hydrogen-bond acceptors (Lipinski definition) is 3. The van der Waals surface area contributed by atoms with Gasteiger partial charge in [0.25, 0.3) is 0 Å². The molecule has 1 aliphatic rings. The Kier molecular flexibility index (Phi) is 2.89. The van der Waals surface area contributed by atoms with E-state index in [0.29, 0.717) is 5.11 Å². The van der Waals surface area contributed by atoms with E-state index >= 15 is 0 Å². The molecule has 0 saturated carbocycles. The van der Waals surface area contributed by atoms with Crippen molar-refractivity contribution in [3.8, 4) is 0 Å². The van der Waals surface area contributed by atoms with E-state index in [2.05, 4.69) is 5.43 Å². The van der Waals surface area contributed by atoms with Gasteiger partial charge in [-0.25, -0.2) is 10.4 Å². The maximum Gasteiger partial charge on any atom is 0.227 e. The number of para-hydroxylation sites is 1. The minimum Gasteiger partial charge on any atom is -0.275 e. The van der Waals surface area contributed by atoms with Crippen molar-refractivity contribution in [2.24, 2.45) is 0 Å². The van der Waals surface area contributed by atoms with E-state index in [1.807, 2.05) is 44.2 Å². The lowest BCUT2D eigenvalue weighted by molar-refractivity contribution is -0.128. The second kappa shape index (κ2) is 4.09. The van der Waals surface area contributed by atoms with Crippen molar-refractivity contribution in [2.75, 3.05) is 5.01 Å². The summed E-state index contributed by atoms with van der Waals surface area (Å²) >= 11 is 5.34. The van der Waals surface area contributed by atoms with Crippen molar-refractivity contribution in [2.45, 2.75) is 26.4 Å². The smallest absolute Gasteiger partial charge is 0.227 e. The van der Waals surface area contributed by atoms with Gasteiger partial charge in [0.1, 0.15) is 5.66 Å². The van der Waals surface area contributed by atoms with Crippen LogP contribution in [0.1, 0.15) is 20.8 Å². The molecule has 1 heterocycles. The van der Waals surface area contributed by atoms with Gasteiger partial charge in [0, 0.05) is 6.92 Å². The molecule has 5 heteroatoms. The van der Waals surface area contributed by atoms with Gasteiger partial charge in [0.15, 0.2) is 5.11 Å². The van der Waals surface area contributed by atoms with Gasteiger partial charge in [0.2, 0.25) is 5.91 Å². The van der Waals surface area contributed by atoms with Crippen molar-refractivity contribution < 1.29 is 4.79 Å². The maximum atomic E-state index is 11.6. The van der Waals surface area contributed by atoms with Gasteiger partial charge in [-0.3, -0.25) is 9.69 Å². The number of nitrogens with one attached hydrogen (secondary N) is 1. The maximum absolute atomic E-state index is 11.6. The molecule has 4 nitrogen and oxygen atoms in total. The summed E-state index contributed by atoms with van der Waals surface area (Å²) in [6.07, 6.45) is 0. The number of carbonyl (C=O) groups excluding carboxylic acids is 1. The van der Waals surface area contributed by atoms with Gasteiger partial charge in [-0.1, -0.05) is 18.2 Å². The van der Waals surface area contributed by atoms with Crippen LogP contribution in [0, 0.1) is 0 Å². The molecule has 90 valence electrons. The van der Waals surface area contributed by atoms with Gasteiger partial charge in [0.05, 0.1) is 5.69 Å². The quantitative estimate of drug-likeness (QED) is 0.771. The van der Waals surface area contributed by atoms with Crippen LogP contribution >= 0.6 is 12.2 Å². The van der Waals surface area contributed by atoms with Crippen LogP contribution in [0.15, 0.2) is 30.3 Å². The Morgan fingerprint density at radius 2 is 1.88 bits per heavy atom. The number of hydrogen-bond donors (Lipinski definition) is 1. The van der Waals surface area contributed by atoms with Crippen LogP contribution in [-0.2, 0) is 4.79 Å². The van der Waals surface area contributed by atoms with E-state index in [1.54, 1.807) is 9.91 Å². The monoisotopic (exact) mass is 249 g/mol. The first kappa shape index (κ1) is 12.0. The lowest BCUT2D eigenvalue weighted by Gasteiger charge is -2.27. The second-order valence-corrected chi connectivity index (χ2v) is 4.84. The van der Waals surface area contributed by atoms with Crippen molar-refractivity contribution in [1.82, 2.24) is 10.3 Å². The summed E-state index contributed by atoms with van der Waals surface area (Å²) in [5.74, 6) is -0.0640. The SMILES string of the molecule is CC(=O)N1C(=S)N(c2ccccc2)NC1(C)C. The van der Waals surface area contributed by atoms with E-state index < -0.39 is 5.66 Å². The van der Waals surface area contributed by atoms with Gasteiger partial charge >= 0.3 is 0 Å². The van der Waals surface area contributed by atoms with Crippen LogP contribution in [0.25, 0.3) is 0 Å². The van der Waals surface area contributed by atoms with Crippen molar-refractivity contribution in [3.05, 3.63) is 30.3 Å². The topological polar surface area (TPSA) is 35.6 Å². The fraction of sp³-hybridized carbons (Fsp3) is 0.333. The Morgan fingerprint density at radius 3 is 2.35 bits per heavy atom. The van der Waals surface area contributed by atoms with Gasteiger partial charge < -0.3 is 0 Å². The number of carbonyl (C=O) groups is 1. The first-order chi connectivity index (χ1) is 7.93. The molecule has 0 spiro atoms. The molecule has 1 aromatic carbocycles. The highest BCUT2D eigenvalue weighted by Gasteiger charge is 2.43. The van der Waals surface area contributed by atoms with E-state index in [4.69, 9.17) is 12.2 Å². The average molecular weight is 249 g/mol. The molecular formula is C12H15N3OS. The van der Waals surface area contributed by atoms with Crippen molar-refractivity contribution in [3.63, 3.8) is 0 Å². The molecule has 1 fully saturated rings. The van der Waals surface area contributed by atoms with Gasteiger partial charge in [-0.05, 0) is 38.2 Å². The van der Waals surface area contributed by atoms with E-state index in [-0.39, 0.29) is 5.91 Å². The molecule has 0 bridgehead atoms. The molecular weight excluding hydrogens is 234 g/mol. The highest BCUT2D eigenvalue weighted by molar-refractivity contribution is 7.80. The van der Waals surface area contributed by atoms with Crippen LogP contribution in [0.4, 0.5) is 5.69 Å². The highest BCUT2D eigenvalue weighted by Crippen LogP contribution is 2.26. The summed E-state index contributed by atoms with van der Waals surface area (Å²) in [6, 6.07) is 9.70. The molecule has 1 N–H and O–H groups in total. The van der Waals surface area contributed by atoms with Crippen molar-refractivity contribution in [1.29, 1.82) is 0 Å². The van der Waals surface area contributed by atoms with Gasteiger partial charge in [-0.2, -0.15) is 0 Å². The number of nitrogens with zero attached hydrogens (tertiary/aromatic N) is 2. The average Bonchev–Trinajstić information content (AvgIpc) is 2.50. The number of hydrazine groups is 1. The number of thiocarbonyl (C=S) groups is 1. The first-order valence-corrected chi connectivity index (χ1v) is 5.82. The predicted octanol–water partition coefficient (Wildman–Crippen LogP) is 1.88. The third-order valence-corrected chi connectivity index (χ3v) is 3.02. The molecule has 0 aliphatic carbocycles. The largest absolute Gasteiger partial charge is 0.275 e. The van der Waals surface area contributed by atoms with E-state index in [0.717, 1.165) is 5.69 Å². The Hall–Kier alpha value is -1.46. The summed E-state index contributed by atoms with van der Waals surface area (Å²) in [7, 11) is 0. The van der Waals surface area contributed by atoms with Crippen LogP contribution in [0.3, 0.4) is 0 Å². The minimum absolute atomic E-state index is 0.0640. The highest BCUT2D eigenvalue weighted by atomic mass is 32.1. The Labute approximate surface area is 106 Å². The second-order valence-electron chi connectivity index (χ2n) is 4.48. The zero-order chi connectivity index (χ0) is 12.6. The normalized spacial score (nSPS) is 18.6. The lowest BCUT2D eigenvalue weighted by atomic mass is 10.2. The zero-order valence-electron chi connectivity index (χ0n) is 10.1. The van der Waals surface area contributed by atoms with Crippen molar-refractivity contribution >= 4 is 28.9 Å². The third kappa shape index (κ3) is 2.03. The van der Waals surface area contributed by atoms with Crippen LogP contribution in [0.5, 0.6) is 0 Å².